The number of amides is 4. The van der Waals surface area contributed by atoms with Gasteiger partial charge in [-0.3, -0.25) is 19.2 Å². The molecule has 12 nitrogen and oxygen atoms in total. The van der Waals surface area contributed by atoms with Crippen LogP contribution in [-0.4, -0.2) is 127 Å². The van der Waals surface area contributed by atoms with E-state index in [0.717, 1.165) is 5.39 Å². The highest BCUT2D eigenvalue weighted by molar-refractivity contribution is 5.98. The molecule has 4 amide bonds. The molecule has 0 spiro atoms. The van der Waals surface area contributed by atoms with Gasteiger partial charge in [0.2, 0.25) is 17.7 Å². The lowest BCUT2D eigenvalue weighted by Gasteiger charge is -2.28. The van der Waals surface area contributed by atoms with E-state index >= 15 is 0 Å². The molecule has 12 heteroatoms. The van der Waals surface area contributed by atoms with Crippen LogP contribution in [0.3, 0.4) is 0 Å². The summed E-state index contributed by atoms with van der Waals surface area (Å²) in [6, 6.07) is 7.53. The monoisotopic (exact) mass is 553 g/mol. The van der Waals surface area contributed by atoms with E-state index in [4.69, 9.17) is 10.5 Å². The number of nitrogens with zero attached hydrogens (tertiary/aromatic N) is 5. The summed E-state index contributed by atoms with van der Waals surface area (Å²) in [7, 11) is 6.89. The minimum absolute atomic E-state index is 0.0193. The average molecular weight is 554 g/mol. The predicted molar refractivity (Wildman–Crippen MR) is 150 cm³/mol. The Hall–Kier alpha value is -3.77. The minimum Gasteiger partial charge on any atom is -0.489 e. The standard InChI is InChI=1S/C28H39N7O5/c1-32(2)13-12-30-27(38)22-10-11-24(36)33(3)16-25(37)35-15-19(29)14-20(35)17-40-23-7-5-6-18-8-9-21(31-26(18)23)28(39)34(22)4/h5-9,19-20,22H,10-17,29H2,1-4H3,(H,30,38)/t19-,20-,22-/m0/s1. The number of ether oxygens (including phenoxy) is 1. The molecule has 1 aromatic heterocycles. The Morgan fingerprint density at radius 3 is 2.67 bits per heavy atom. The van der Waals surface area contributed by atoms with Crippen LogP contribution in [0.2, 0.25) is 0 Å². The van der Waals surface area contributed by atoms with E-state index in [1.165, 1.54) is 16.8 Å². The molecule has 216 valence electrons. The van der Waals surface area contributed by atoms with E-state index in [1.807, 2.05) is 31.1 Å². The fourth-order valence-corrected chi connectivity index (χ4v) is 5.13. The maximum absolute atomic E-state index is 13.6. The molecule has 0 radical (unpaired) electrons. The van der Waals surface area contributed by atoms with Gasteiger partial charge in [-0.1, -0.05) is 18.2 Å². The first-order chi connectivity index (χ1) is 19.0. The first-order valence-corrected chi connectivity index (χ1v) is 13.6. The Balaban J connectivity index is 1.68. The van der Waals surface area contributed by atoms with Crippen molar-refractivity contribution in [3.63, 3.8) is 0 Å². The number of pyridine rings is 1. The van der Waals surface area contributed by atoms with Gasteiger partial charge >= 0.3 is 0 Å². The third kappa shape index (κ3) is 6.68. The summed E-state index contributed by atoms with van der Waals surface area (Å²) in [6.45, 7) is 1.47. The highest BCUT2D eigenvalue weighted by atomic mass is 16.5. The summed E-state index contributed by atoms with van der Waals surface area (Å²) < 4.78 is 6.16. The van der Waals surface area contributed by atoms with Crippen molar-refractivity contribution in [2.24, 2.45) is 5.73 Å². The molecule has 1 saturated heterocycles. The van der Waals surface area contributed by atoms with E-state index in [1.54, 1.807) is 30.1 Å². The van der Waals surface area contributed by atoms with Gasteiger partial charge < -0.3 is 35.4 Å². The topological polar surface area (TPSA) is 141 Å². The summed E-state index contributed by atoms with van der Waals surface area (Å²) in [4.78, 5) is 64.0. The van der Waals surface area contributed by atoms with Crippen molar-refractivity contribution < 1.29 is 23.9 Å². The molecule has 40 heavy (non-hydrogen) atoms. The first kappa shape index (κ1) is 29.2. The largest absolute Gasteiger partial charge is 0.489 e. The molecular formula is C28H39N7O5. The van der Waals surface area contributed by atoms with Gasteiger partial charge in [0.15, 0.2) is 0 Å². The third-order valence-electron chi connectivity index (χ3n) is 7.48. The van der Waals surface area contributed by atoms with Crippen LogP contribution in [0.1, 0.15) is 29.8 Å². The molecular weight excluding hydrogens is 514 g/mol. The lowest BCUT2D eigenvalue weighted by molar-refractivity contribution is -0.140. The molecule has 1 fully saturated rings. The number of hydrogen-bond acceptors (Lipinski definition) is 8. The van der Waals surface area contributed by atoms with Gasteiger partial charge in [-0.25, -0.2) is 4.98 Å². The Morgan fingerprint density at radius 2 is 1.93 bits per heavy atom. The van der Waals surface area contributed by atoms with E-state index in [-0.39, 0.29) is 61.5 Å². The molecule has 0 saturated carbocycles. The van der Waals surface area contributed by atoms with Crippen molar-refractivity contribution in [2.45, 2.75) is 37.4 Å². The summed E-state index contributed by atoms with van der Waals surface area (Å²) >= 11 is 0. The quantitative estimate of drug-likeness (QED) is 0.535. The predicted octanol–water partition coefficient (Wildman–Crippen LogP) is -0.0876. The zero-order valence-electron chi connectivity index (χ0n) is 23.6. The number of hydrogen-bond donors (Lipinski definition) is 2. The first-order valence-electron chi connectivity index (χ1n) is 13.6. The van der Waals surface area contributed by atoms with E-state index in [9.17, 15) is 19.2 Å². The number of nitrogens with one attached hydrogen (secondary N) is 1. The van der Waals surface area contributed by atoms with E-state index in [2.05, 4.69) is 10.3 Å². The highest BCUT2D eigenvalue weighted by Gasteiger charge is 2.35. The Labute approximate surface area is 234 Å². The van der Waals surface area contributed by atoms with Gasteiger partial charge in [-0.15, -0.1) is 0 Å². The number of aromatic nitrogens is 1. The highest BCUT2D eigenvalue weighted by Crippen LogP contribution is 2.27. The van der Waals surface area contributed by atoms with Crippen molar-refractivity contribution in [1.82, 2.24) is 29.9 Å². The van der Waals surface area contributed by atoms with E-state index in [0.29, 0.717) is 37.3 Å². The molecule has 2 aliphatic rings. The minimum atomic E-state index is -0.914. The molecule has 0 aliphatic carbocycles. The van der Waals surface area contributed by atoms with Crippen LogP contribution in [-0.2, 0) is 14.4 Å². The second kappa shape index (κ2) is 12.6. The Bertz CT molecular complexity index is 1270. The van der Waals surface area contributed by atoms with Crippen LogP contribution < -0.4 is 15.8 Å². The van der Waals surface area contributed by atoms with Gasteiger partial charge in [0.05, 0.1) is 12.6 Å². The number of nitrogens with two attached hydrogens (primary N) is 1. The van der Waals surface area contributed by atoms with Crippen molar-refractivity contribution in [3.8, 4) is 5.75 Å². The number of carbonyl (C=O) groups is 4. The Morgan fingerprint density at radius 1 is 1.15 bits per heavy atom. The number of para-hydroxylation sites is 1. The SMILES string of the molecule is CN(C)CCNC(=O)[C@@H]1CCC(=O)N(C)CC(=O)N2C[C@@H](N)C[C@H]2COc2cccc3ccc(nc23)C(=O)N1C. The molecule has 2 aliphatic heterocycles. The second-order valence-electron chi connectivity index (χ2n) is 10.8. The van der Waals surface area contributed by atoms with Gasteiger partial charge in [-0.05, 0) is 39.1 Å². The van der Waals surface area contributed by atoms with Crippen LogP contribution in [0.25, 0.3) is 10.9 Å². The van der Waals surface area contributed by atoms with Crippen molar-refractivity contribution in [2.75, 3.05) is 61.0 Å². The number of fused-ring (bicyclic) bond motifs is 2. The summed E-state index contributed by atoms with van der Waals surface area (Å²) in [5.41, 5.74) is 6.86. The molecule has 3 heterocycles. The zero-order valence-corrected chi connectivity index (χ0v) is 23.6. The van der Waals surface area contributed by atoms with Crippen LogP contribution in [0.4, 0.5) is 0 Å². The molecule has 3 N–H and O–H groups in total. The van der Waals surface area contributed by atoms with Gasteiger partial charge in [0.25, 0.3) is 5.91 Å². The van der Waals surface area contributed by atoms with Crippen LogP contribution in [0.15, 0.2) is 30.3 Å². The maximum Gasteiger partial charge on any atom is 0.272 e. The van der Waals surface area contributed by atoms with Crippen molar-refractivity contribution in [1.29, 1.82) is 0 Å². The fourth-order valence-electron chi connectivity index (χ4n) is 5.13. The number of benzene rings is 1. The zero-order chi connectivity index (χ0) is 29.0. The van der Waals surface area contributed by atoms with Crippen molar-refractivity contribution in [3.05, 3.63) is 36.0 Å². The molecule has 3 atom stereocenters. The lowest BCUT2D eigenvalue weighted by Crippen LogP contribution is -2.49. The summed E-state index contributed by atoms with van der Waals surface area (Å²) in [6.07, 6.45) is 0.641. The number of carbonyl (C=O) groups excluding carboxylic acids is 4. The van der Waals surface area contributed by atoms with Crippen LogP contribution in [0.5, 0.6) is 5.75 Å². The average Bonchev–Trinajstić information content (AvgIpc) is 3.30. The lowest BCUT2D eigenvalue weighted by atomic mass is 10.1. The van der Waals surface area contributed by atoms with Gasteiger partial charge in [0.1, 0.15) is 29.6 Å². The summed E-state index contributed by atoms with van der Waals surface area (Å²) in [5.74, 6) is -0.839. The molecule has 1 aromatic carbocycles. The smallest absolute Gasteiger partial charge is 0.272 e. The third-order valence-corrected chi connectivity index (χ3v) is 7.48. The number of rotatable bonds is 4. The molecule has 0 unspecified atom stereocenters. The van der Waals surface area contributed by atoms with Gasteiger partial charge in [0, 0.05) is 51.6 Å². The fraction of sp³-hybridized carbons (Fsp3) is 0.536. The number of likely N-dealkylation sites (N-methyl/N-ethyl adjacent to an activating group) is 3. The molecule has 4 rings (SSSR count). The van der Waals surface area contributed by atoms with E-state index < -0.39 is 11.9 Å². The van der Waals surface area contributed by atoms with Crippen LogP contribution >= 0.6 is 0 Å². The summed E-state index contributed by atoms with van der Waals surface area (Å²) in [5, 5.41) is 3.66. The van der Waals surface area contributed by atoms with Gasteiger partial charge in [-0.2, -0.15) is 0 Å². The van der Waals surface area contributed by atoms with Crippen LogP contribution in [0, 0.1) is 0 Å². The molecule has 2 bridgehead atoms. The normalized spacial score (nSPS) is 23.0. The maximum atomic E-state index is 13.6. The molecule has 2 aromatic rings. The van der Waals surface area contributed by atoms with Crippen molar-refractivity contribution >= 4 is 34.5 Å². The Kier molecular flexibility index (Phi) is 9.21. The second-order valence-corrected chi connectivity index (χ2v) is 10.8.